The Bertz CT molecular complexity index is 779. The number of nitrogens with zero attached hydrogens (tertiary/aromatic N) is 2. The average molecular weight is 356 g/mol. The summed E-state index contributed by atoms with van der Waals surface area (Å²) >= 11 is 1.52. The number of carbonyl (C=O) groups is 1. The molecule has 8 heteroatoms. The van der Waals surface area contributed by atoms with Crippen molar-refractivity contribution in [3.63, 3.8) is 0 Å². The van der Waals surface area contributed by atoms with Gasteiger partial charge in [-0.15, -0.1) is 0 Å². The highest BCUT2D eigenvalue weighted by Gasteiger charge is 2.34. The Labute approximate surface area is 140 Å². The molecule has 0 atom stereocenters. The standard InChI is InChI=1S/C16H15F3N2O2S/c17-16(18,19)12-1-4-14(22)20(8-12)9-15(23)21(13-2-3-13)7-11-5-6-24-10-11/h1,4-6,8,10,13H,2-3,7,9H2. The monoisotopic (exact) mass is 356 g/mol. The molecule has 1 aliphatic rings. The zero-order valence-electron chi connectivity index (χ0n) is 12.6. The van der Waals surface area contributed by atoms with Crippen LogP contribution in [0, 0.1) is 0 Å². The number of carbonyl (C=O) groups excluding carboxylic acids is 1. The van der Waals surface area contributed by atoms with E-state index in [9.17, 15) is 22.8 Å². The van der Waals surface area contributed by atoms with Crippen molar-refractivity contribution in [2.24, 2.45) is 0 Å². The zero-order valence-corrected chi connectivity index (χ0v) is 13.4. The molecule has 0 bridgehead atoms. The fourth-order valence-corrected chi connectivity index (χ4v) is 3.11. The number of halogens is 3. The van der Waals surface area contributed by atoms with Crippen molar-refractivity contribution in [3.8, 4) is 0 Å². The van der Waals surface area contributed by atoms with Crippen LogP contribution in [0.4, 0.5) is 13.2 Å². The van der Waals surface area contributed by atoms with Crippen molar-refractivity contribution in [2.75, 3.05) is 0 Å². The number of hydrogen-bond donors (Lipinski definition) is 0. The summed E-state index contributed by atoms with van der Waals surface area (Å²) in [6.07, 6.45) is -2.08. The van der Waals surface area contributed by atoms with Gasteiger partial charge in [0.05, 0.1) is 5.56 Å². The lowest BCUT2D eigenvalue weighted by atomic mass is 10.2. The summed E-state index contributed by atoms with van der Waals surface area (Å²) in [7, 11) is 0. The Morgan fingerprint density at radius 1 is 1.29 bits per heavy atom. The molecular weight excluding hydrogens is 341 g/mol. The minimum absolute atomic E-state index is 0.110. The number of rotatable bonds is 5. The van der Waals surface area contributed by atoms with E-state index in [0.717, 1.165) is 35.1 Å². The van der Waals surface area contributed by atoms with Crippen LogP contribution in [0.15, 0.2) is 40.0 Å². The van der Waals surface area contributed by atoms with Gasteiger partial charge in [-0.05, 0) is 41.3 Å². The fourth-order valence-electron chi connectivity index (χ4n) is 2.45. The summed E-state index contributed by atoms with van der Waals surface area (Å²) < 4.78 is 39.2. The molecule has 0 spiro atoms. The highest BCUT2D eigenvalue weighted by atomic mass is 32.1. The van der Waals surface area contributed by atoms with E-state index in [-0.39, 0.29) is 18.5 Å². The first-order valence-electron chi connectivity index (χ1n) is 7.43. The second-order valence-electron chi connectivity index (χ2n) is 5.77. The third-order valence-electron chi connectivity index (χ3n) is 3.86. The predicted octanol–water partition coefficient (Wildman–Crippen LogP) is 3.12. The Hall–Kier alpha value is -2.09. The topological polar surface area (TPSA) is 42.3 Å². The van der Waals surface area contributed by atoms with Crippen LogP contribution < -0.4 is 5.56 Å². The molecule has 0 aromatic carbocycles. The molecule has 0 aliphatic heterocycles. The van der Waals surface area contributed by atoms with Crippen LogP contribution in [-0.4, -0.2) is 21.4 Å². The van der Waals surface area contributed by atoms with Crippen LogP contribution in [0.25, 0.3) is 0 Å². The van der Waals surface area contributed by atoms with E-state index in [2.05, 4.69) is 0 Å². The van der Waals surface area contributed by atoms with Crippen LogP contribution in [-0.2, 0) is 24.1 Å². The van der Waals surface area contributed by atoms with Crippen molar-refractivity contribution in [3.05, 3.63) is 56.6 Å². The van der Waals surface area contributed by atoms with E-state index in [1.807, 2.05) is 16.8 Å². The minimum atomic E-state index is -4.55. The summed E-state index contributed by atoms with van der Waals surface area (Å²) in [5.41, 5.74) is -0.579. The molecule has 1 fully saturated rings. The molecule has 2 heterocycles. The summed E-state index contributed by atoms with van der Waals surface area (Å²) in [4.78, 5) is 26.0. The zero-order chi connectivity index (χ0) is 17.3. The number of pyridine rings is 1. The quantitative estimate of drug-likeness (QED) is 0.826. The van der Waals surface area contributed by atoms with E-state index >= 15 is 0 Å². The van der Waals surface area contributed by atoms with Crippen molar-refractivity contribution in [1.82, 2.24) is 9.47 Å². The van der Waals surface area contributed by atoms with Crippen molar-refractivity contribution in [2.45, 2.75) is 38.1 Å². The molecule has 1 saturated carbocycles. The van der Waals surface area contributed by atoms with Crippen molar-refractivity contribution < 1.29 is 18.0 Å². The first-order chi connectivity index (χ1) is 11.3. The molecule has 3 rings (SSSR count). The lowest BCUT2D eigenvalue weighted by molar-refractivity contribution is -0.139. The van der Waals surface area contributed by atoms with Gasteiger partial charge in [0, 0.05) is 24.8 Å². The minimum Gasteiger partial charge on any atom is -0.334 e. The van der Waals surface area contributed by atoms with Gasteiger partial charge >= 0.3 is 6.18 Å². The molecule has 2 aromatic heterocycles. The summed E-state index contributed by atoms with van der Waals surface area (Å²) in [5, 5.41) is 3.83. The van der Waals surface area contributed by atoms with Crippen molar-refractivity contribution >= 4 is 17.2 Å². The summed E-state index contributed by atoms with van der Waals surface area (Å²) in [6, 6.07) is 3.59. The summed E-state index contributed by atoms with van der Waals surface area (Å²) in [5.74, 6) is -0.342. The molecule has 2 aromatic rings. The maximum atomic E-state index is 12.8. The number of amides is 1. The van der Waals surface area contributed by atoms with Gasteiger partial charge in [-0.3, -0.25) is 9.59 Å². The van der Waals surface area contributed by atoms with Crippen LogP contribution in [0.2, 0.25) is 0 Å². The van der Waals surface area contributed by atoms with Gasteiger partial charge in [-0.1, -0.05) is 0 Å². The van der Waals surface area contributed by atoms with Crippen LogP contribution in [0.5, 0.6) is 0 Å². The first kappa shape index (κ1) is 16.8. The Morgan fingerprint density at radius 3 is 2.62 bits per heavy atom. The largest absolute Gasteiger partial charge is 0.417 e. The number of hydrogen-bond acceptors (Lipinski definition) is 3. The fraction of sp³-hybridized carbons (Fsp3) is 0.375. The van der Waals surface area contributed by atoms with E-state index < -0.39 is 17.3 Å². The molecule has 0 N–H and O–H groups in total. The number of aromatic nitrogens is 1. The third kappa shape index (κ3) is 3.87. The van der Waals surface area contributed by atoms with Gasteiger partial charge in [-0.25, -0.2) is 0 Å². The van der Waals surface area contributed by atoms with Crippen LogP contribution >= 0.6 is 11.3 Å². The SMILES string of the molecule is O=C(Cn1cc(C(F)(F)F)ccc1=O)N(Cc1ccsc1)C1CC1. The van der Waals surface area contributed by atoms with E-state index in [0.29, 0.717) is 12.7 Å². The van der Waals surface area contributed by atoms with Gasteiger partial charge < -0.3 is 9.47 Å². The molecule has 1 amide bonds. The van der Waals surface area contributed by atoms with Gasteiger partial charge in [0.1, 0.15) is 6.54 Å². The van der Waals surface area contributed by atoms with Crippen LogP contribution in [0.1, 0.15) is 24.0 Å². The second kappa shape index (κ2) is 6.43. The molecule has 0 radical (unpaired) electrons. The Morgan fingerprint density at radius 2 is 2.04 bits per heavy atom. The molecule has 4 nitrogen and oxygen atoms in total. The molecule has 1 aliphatic carbocycles. The van der Waals surface area contributed by atoms with Crippen molar-refractivity contribution in [1.29, 1.82) is 0 Å². The molecule has 0 saturated heterocycles. The maximum absolute atomic E-state index is 12.8. The smallest absolute Gasteiger partial charge is 0.334 e. The van der Waals surface area contributed by atoms with E-state index in [4.69, 9.17) is 0 Å². The van der Waals surface area contributed by atoms with E-state index in [1.165, 1.54) is 11.3 Å². The second-order valence-corrected chi connectivity index (χ2v) is 6.55. The lowest BCUT2D eigenvalue weighted by Crippen LogP contribution is -2.37. The highest BCUT2D eigenvalue weighted by Crippen LogP contribution is 2.30. The Kier molecular flexibility index (Phi) is 4.49. The van der Waals surface area contributed by atoms with Gasteiger partial charge in [-0.2, -0.15) is 24.5 Å². The van der Waals surface area contributed by atoms with E-state index in [1.54, 1.807) is 4.90 Å². The average Bonchev–Trinajstić information content (AvgIpc) is 3.22. The third-order valence-corrected chi connectivity index (χ3v) is 4.59. The normalized spacial score (nSPS) is 14.6. The van der Waals surface area contributed by atoms with Gasteiger partial charge in [0.25, 0.3) is 5.56 Å². The predicted molar refractivity (Wildman–Crippen MR) is 83.6 cm³/mol. The molecule has 24 heavy (non-hydrogen) atoms. The lowest BCUT2D eigenvalue weighted by Gasteiger charge is -2.22. The number of alkyl halides is 3. The van der Waals surface area contributed by atoms with Gasteiger partial charge in [0.2, 0.25) is 5.91 Å². The Balaban J connectivity index is 1.79. The summed E-state index contributed by atoms with van der Waals surface area (Å²) in [6.45, 7) is 0.0318. The number of thiophene rings is 1. The van der Waals surface area contributed by atoms with Gasteiger partial charge in [0.15, 0.2) is 0 Å². The van der Waals surface area contributed by atoms with Crippen LogP contribution in [0.3, 0.4) is 0 Å². The first-order valence-corrected chi connectivity index (χ1v) is 8.37. The highest BCUT2D eigenvalue weighted by molar-refractivity contribution is 7.07. The molecular formula is C16H15F3N2O2S. The maximum Gasteiger partial charge on any atom is 0.417 e. The molecule has 128 valence electrons. The molecule has 0 unspecified atom stereocenters.